The van der Waals surface area contributed by atoms with Gasteiger partial charge in [-0.1, -0.05) is 11.6 Å². The van der Waals surface area contributed by atoms with E-state index >= 15 is 0 Å². The summed E-state index contributed by atoms with van der Waals surface area (Å²) in [5.41, 5.74) is 4.25. The molecule has 4 heterocycles. The lowest BCUT2D eigenvalue weighted by molar-refractivity contribution is -0.0511. The van der Waals surface area contributed by atoms with Gasteiger partial charge >= 0.3 is 0 Å². The van der Waals surface area contributed by atoms with Crippen molar-refractivity contribution >= 4 is 22.8 Å². The van der Waals surface area contributed by atoms with Crippen LogP contribution in [-0.4, -0.2) is 35.8 Å². The van der Waals surface area contributed by atoms with E-state index in [0.717, 1.165) is 23.4 Å². The average Bonchev–Trinajstić information content (AvgIpc) is 3.20. The summed E-state index contributed by atoms with van der Waals surface area (Å²) in [6, 6.07) is 4.57. The van der Waals surface area contributed by atoms with Crippen LogP contribution in [0.4, 0.5) is 4.39 Å². The lowest BCUT2D eigenvalue weighted by Crippen LogP contribution is -2.26. The first-order valence-corrected chi connectivity index (χ1v) is 11.3. The van der Waals surface area contributed by atoms with Crippen molar-refractivity contribution in [2.75, 3.05) is 0 Å². The highest BCUT2D eigenvalue weighted by atomic mass is 35.5. The molecule has 33 heavy (non-hydrogen) atoms. The molecule has 9 heteroatoms. The summed E-state index contributed by atoms with van der Waals surface area (Å²) in [4.78, 5) is 19.0. The van der Waals surface area contributed by atoms with Crippen LogP contribution < -0.4 is 0 Å². The molecule has 0 radical (unpaired) electrons. The van der Waals surface area contributed by atoms with E-state index in [-0.39, 0.29) is 18.1 Å². The lowest BCUT2D eigenvalue weighted by atomic mass is 9.89. The van der Waals surface area contributed by atoms with Crippen LogP contribution in [-0.2, 0) is 11.8 Å². The Hall–Kier alpha value is -2.97. The van der Waals surface area contributed by atoms with Gasteiger partial charge in [-0.15, -0.1) is 0 Å². The Labute approximate surface area is 196 Å². The van der Waals surface area contributed by atoms with E-state index in [1.807, 2.05) is 40.2 Å². The van der Waals surface area contributed by atoms with Gasteiger partial charge in [-0.3, -0.25) is 4.68 Å². The quantitative estimate of drug-likeness (QED) is 0.410. The lowest BCUT2D eigenvalue weighted by Gasteiger charge is -2.33. The van der Waals surface area contributed by atoms with E-state index < -0.39 is 5.82 Å². The summed E-state index contributed by atoms with van der Waals surface area (Å²) < 4.78 is 22.9. The molecule has 7 nitrogen and oxygen atoms in total. The predicted octanol–water partition coefficient (Wildman–Crippen LogP) is 5.25. The minimum atomic E-state index is -0.456. The number of fused-ring (bicyclic) bond motifs is 1. The zero-order valence-electron chi connectivity index (χ0n) is 18.9. The van der Waals surface area contributed by atoms with E-state index in [0.29, 0.717) is 39.7 Å². The van der Waals surface area contributed by atoms with Gasteiger partial charge < -0.3 is 4.74 Å². The Morgan fingerprint density at radius 3 is 2.61 bits per heavy atom. The Morgan fingerprint density at radius 1 is 1.09 bits per heavy atom. The Bertz CT molecular complexity index is 1360. The molecule has 0 N–H and O–H groups in total. The van der Waals surface area contributed by atoms with Crippen molar-refractivity contribution in [3.8, 4) is 11.3 Å². The minimum absolute atomic E-state index is 0.00908. The van der Waals surface area contributed by atoms with Gasteiger partial charge in [-0.2, -0.15) is 5.10 Å². The zero-order valence-corrected chi connectivity index (χ0v) is 19.6. The summed E-state index contributed by atoms with van der Waals surface area (Å²) in [6.07, 6.45) is 5.13. The molecule has 1 aliphatic heterocycles. The van der Waals surface area contributed by atoms with Gasteiger partial charge in [0.2, 0.25) is 0 Å². The molecule has 0 aliphatic carbocycles. The van der Waals surface area contributed by atoms with E-state index in [4.69, 9.17) is 26.3 Å². The summed E-state index contributed by atoms with van der Waals surface area (Å²) >= 11 is 5.99. The third-order valence-corrected chi connectivity index (χ3v) is 6.35. The number of benzene rings is 1. The maximum Gasteiger partial charge on any atom is 0.182 e. The van der Waals surface area contributed by atoms with Gasteiger partial charge in [0.15, 0.2) is 5.65 Å². The highest BCUT2D eigenvalue weighted by molar-refractivity contribution is 6.30. The van der Waals surface area contributed by atoms with Gasteiger partial charge in [0, 0.05) is 35.3 Å². The topological polar surface area (TPSA) is 78.6 Å². The van der Waals surface area contributed by atoms with Crippen molar-refractivity contribution < 1.29 is 9.13 Å². The first kappa shape index (κ1) is 21.9. The predicted molar refractivity (Wildman–Crippen MR) is 123 cm³/mol. The second-order valence-electron chi connectivity index (χ2n) is 8.67. The fourth-order valence-electron chi connectivity index (χ4n) is 4.36. The number of aromatic nitrogens is 6. The molecule has 4 aromatic rings. The van der Waals surface area contributed by atoms with Crippen LogP contribution in [0.3, 0.4) is 0 Å². The van der Waals surface area contributed by atoms with Gasteiger partial charge in [-0.25, -0.2) is 24.3 Å². The van der Waals surface area contributed by atoms with E-state index in [9.17, 15) is 4.39 Å². The van der Waals surface area contributed by atoms with Crippen LogP contribution in [0.15, 0.2) is 30.6 Å². The first-order valence-electron chi connectivity index (χ1n) is 10.9. The molecule has 3 atom stereocenters. The third kappa shape index (κ3) is 4.20. The van der Waals surface area contributed by atoms with Crippen molar-refractivity contribution in [1.82, 2.24) is 29.7 Å². The number of hydrogen-bond acceptors (Lipinski definition) is 6. The Kier molecular flexibility index (Phi) is 5.58. The fraction of sp³-hybridized carbons (Fsp3) is 0.375. The minimum Gasteiger partial charge on any atom is -0.370 e. The van der Waals surface area contributed by atoms with Crippen LogP contribution in [0, 0.1) is 19.7 Å². The standard InChI is InChI=1S/C24H24ClFN6O/c1-12-7-15(8-20(33-12)16-10-27-32(4)11-16)23-30-21(18-6-5-17(25)9-19(18)26)22-24(31-23)29-14(3)13(2)28-22/h5-6,9-12,15,20H,7-8H2,1-4H3/t12-,15-,20+/m1/s1. The molecule has 3 aromatic heterocycles. The highest BCUT2D eigenvalue weighted by Crippen LogP contribution is 2.40. The monoisotopic (exact) mass is 466 g/mol. The summed E-state index contributed by atoms with van der Waals surface area (Å²) in [5, 5.41) is 4.60. The largest absolute Gasteiger partial charge is 0.370 e. The van der Waals surface area contributed by atoms with Gasteiger partial charge in [0.1, 0.15) is 22.9 Å². The van der Waals surface area contributed by atoms with Gasteiger partial charge in [-0.05, 0) is 51.8 Å². The van der Waals surface area contributed by atoms with Crippen LogP contribution in [0.5, 0.6) is 0 Å². The molecular weight excluding hydrogens is 443 g/mol. The number of nitrogens with zero attached hydrogens (tertiary/aromatic N) is 6. The second kappa shape index (κ2) is 8.43. The van der Waals surface area contributed by atoms with Crippen molar-refractivity contribution in [2.24, 2.45) is 7.05 Å². The van der Waals surface area contributed by atoms with E-state index in [1.165, 1.54) is 6.07 Å². The highest BCUT2D eigenvalue weighted by Gasteiger charge is 2.32. The molecular formula is C24H24ClFN6O. The molecule has 0 spiro atoms. The summed E-state index contributed by atoms with van der Waals surface area (Å²) in [6.45, 7) is 5.81. The van der Waals surface area contributed by atoms with Crippen molar-refractivity contribution in [3.63, 3.8) is 0 Å². The molecule has 0 unspecified atom stereocenters. The molecule has 170 valence electrons. The molecule has 5 rings (SSSR count). The maximum absolute atomic E-state index is 14.9. The van der Waals surface area contributed by atoms with Gasteiger partial charge in [0.25, 0.3) is 0 Å². The number of halogens is 2. The maximum atomic E-state index is 14.9. The zero-order chi connectivity index (χ0) is 23.3. The molecule has 1 aliphatic rings. The van der Waals surface area contributed by atoms with Crippen LogP contribution in [0.25, 0.3) is 22.4 Å². The average molecular weight is 467 g/mol. The number of ether oxygens (including phenoxy) is 1. The first-order chi connectivity index (χ1) is 15.8. The smallest absolute Gasteiger partial charge is 0.182 e. The van der Waals surface area contributed by atoms with E-state index in [2.05, 4.69) is 15.1 Å². The number of hydrogen-bond donors (Lipinski definition) is 0. The molecule has 0 saturated carbocycles. The van der Waals surface area contributed by atoms with Crippen molar-refractivity contribution in [1.29, 1.82) is 0 Å². The number of rotatable bonds is 3. The van der Waals surface area contributed by atoms with Crippen molar-refractivity contribution in [3.05, 3.63) is 64.2 Å². The van der Waals surface area contributed by atoms with Crippen LogP contribution in [0.1, 0.15) is 54.6 Å². The fourth-order valence-corrected chi connectivity index (χ4v) is 4.52. The third-order valence-electron chi connectivity index (χ3n) is 6.12. The second-order valence-corrected chi connectivity index (χ2v) is 9.11. The Morgan fingerprint density at radius 2 is 1.88 bits per heavy atom. The normalized spacial score (nSPS) is 21.0. The summed E-state index contributed by atoms with van der Waals surface area (Å²) in [7, 11) is 1.88. The SMILES string of the molecule is Cc1nc2nc([C@@H]3C[C@@H](C)O[C@H](c4cnn(C)c4)C3)nc(-c3ccc(Cl)cc3F)c2nc1C. The molecule has 1 aromatic carbocycles. The molecule has 0 bridgehead atoms. The number of aryl methyl sites for hydroxylation is 3. The van der Waals surface area contributed by atoms with E-state index in [1.54, 1.807) is 16.8 Å². The molecule has 1 fully saturated rings. The Balaban J connectivity index is 1.64. The van der Waals surface area contributed by atoms with Crippen LogP contribution in [0.2, 0.25) is 5.02 Å². The molecule has 1 saturated heterocycles. The van der Waals surface area contributed by atoms with Crippen molar-refractivity contribution in [2.45, 2.75) is 51.7 Å². The van der Waals surface area contributed by atoms with Crippen LogP contribution >= 0.6 is 11.6 Å². The summed E-state index contributed by atoms with van der Waals surface area (Å²) in [5.74, 6) is 0.177. The molecule has 0 amide bonds. The van der Waals surface area contributed by atoms with Gasteiger partial charge in [0.05, 0.1) is 29.8 Å².